The molecule has 0 radical (unpaired) electrons. The molecule has 1 atom stereocenters. The van der Waals surface area contributed by atoms with Crippen LogP contribution in [-0.4, -0.2) is 92.6 Å². The van der Waals surface area contributed by atoms with Gasteiger partial charge in [-0.2, -0.15) is 0 Å². The number of hydrogen-bond donors (Lipinski definition) is 4. The van der Waals surface area contributed by atoms with E-state index in [1.807, 2.05) is 38.2 Å². The molecule has 0 saturated heterocycles. The van der Waals surface area contributed by atoms with Gasteiger partial charge in [0.15, 0.2) is 0 Å². The highest BCUT2D eigenvalue weighted by atomic mass is 16.5. The van der Waals surface area contributed by atoms with Gasteiger partial charge in [-0.05, 0) is 71.2 Å². The number of pyridine rings is 1. The molecular formula is C41H47N9O6. The van der Waals surface area contributed by atoms with Crippen LogP contribution in [0.15, 0.2) is 73.2 Å². The Morgan fingerprint density at radius 3 is 2.09 bits per heavy atom. The van der Waals surface area contributed by atoms with Crippen molar-refractivity contribution in [3.8, 4) is 22.6 Å². The van der Waals surface area contributed by atoms with Crippen LogP contribution in [0.25, 0.3) is 22.6 Å². The number of alkyl carbamates (subject to hydrolysis) is 2. The second kappa shape index (κ2) is 18.2. The Kier molecular flexibility index (Phi) is 12.7. The Balaban J connectivity index is 1.12. The van der Waals surface area contributed by atoms with E-state index >= 15 is 0 Å². The number of ether oxygens (including phenoxy) is 2. The van der Waals surface area contributed by atoms with E-state index in [1.165, 1.54) is 30.9 Å². The number of nitrogens with one attached hydrogen (secondary N) is 4. The normalized spacial score (nSPS) is 12.1. The number of rotatable bonds is 15. The molecule has 15 heteroatoms. The van der Waals surface area contributed by atoms with E-state index in [4.69, 9.17) is 9.72 Å². The minimum atomic E-state index is -0.911. The van der Waals surface area contributed by atoms with E-state index in [0.717, 1.165) is 53.9 Å². The first-order valence-electron chi connectivity index (χ1n) is 18.6. The minimum absolute atomic E-state index is 0.152. The highest BCUT2D eigenvalue weighted by Gasteiger charge is 2.28. The van der Waals surface area contributed by atoms with Crippen molar-refractivity contribution in [1.29, 1.82) is 0 Å². The minimum Gasteiger partial charge on any atom is -0.453 e. The van der Waals surface area contributed by atoms with Crippen molar-refractivity contribution >= 4 is 24.0 Å². The fraction of sp³-hybridized carbons (Fsp3) is 0.341. The number of benzene rings is 2. The third-order valence-corrected chi connectivity index (χ3v) is 9.62. The van der Waals surface area contributed by atoms with Crippen LogP contribution >= 0.6 is 0 Å². The number of amides is 4. The van der Waals surface area contributed by atoms with Crippen molar-refractivity contribution in [1.82, 2.24) is 45.4 Å². The van der Waals surface area contributed by atoms with Gasteiger partial charge in [0, 0.05) is 19.3 Å². The molecule has 0 bridgehead atoms. The molecule has 3 heterocycles. The maximum Gasteiger partial charge on any atom is 0.407 e. The molecule has 15 nitrogen and oxygen atoms in total. The Labute approximate surface area is 325 Å². The van der Waals surface area contributed by atoms with Crippen LogP contribution in [-0.2, 0) is 45.0 Å². The van der Waals surface area contributed by atoms with Crippen LogP contribution in [0.4, 0.5) is 9.59 Å². The van der Waals surface area contributed by atoms with Gasteiger partial charge < -0.3 is 39.9 Å². The van der Waals surface area contributed by atoms with Crippen LogP contribution in [0.1, 0.15) is 72.2 Å². The van der Waals surface area contributed by atoms with E-state index in [9.17, 15) is 19.2 Å². The lowest BCUT2D eigenvalue weighted by Gasteiger charge is -2.27. The number of carbonyl (C=O) groups is 4. The number of imidazole rings is 2. The predicted molar refractivity (Wildman–Crippen MR) is 208 cm³/mol. The maximum absolute atomic E-state index is 13.8. The van der Waals surface area contributed by atoms with Crippen molar-refractivity contribution in [2.24, 2.45) is 0 Å². The molecule has 4 amide bonds. The third-order valence-electron chi connectivity index (χ3n) is 9.62. The van der Waals surface area contributed by atoms with Gasteiger partial charge in [-0.1, -0.05) is 56.3 Å². The molecule has 0 fully saturated rings. The number of hydrogen-bond acceptors (Lipinski definition) is 9. The molecule has 0 unspecified atom stereocenters. The highest BCUT2D eigenvalue weighted by molar-refractivity contribution is 5.87. The number of carbonyl (C=O) groups excluding carboxylic acids is 4. The molecular weight excluding hydrogens is 715 g/mol. The van der Waals surface area contributed by atoms with Gasteiger partial charge in [-0.3, -0.25) is 14.6 Å². The van der Waals surface area contributed by atoms with E-state index in [0.29, 0.717) is 30.3 Å². The Hall–Kier alpha value is -6.51. The number of aromatic nitrogens is 5. The molecule has 3 aromatic heterocycles. The smallest absolute Gasteiger partial charge is 0.407 e. The summed E-state index contributed by atoms with van der Waals surface area (Å²) >= 11 is 0. The topological polar surface area (TPSA) is 188 Å². The summed E-state index contributed by atoms with van der Waals surface area (Å²) < 4.78 is 9.39. The Bertz CT molecular complexity index is 2170. The van der Waals surface area contributed by atoms with Crippen LogP contribution in [0.2, 0.25) is 0 Å². The first-order valence-corrected chi connectivity index (χ1v) is 18.6. The largest absolute Gasteiger partial charge is 0.453 e. The summed E-state index contributed by atoms with van der Waals surface area (Å²) in [7, 11) is 2.53. The second-order valence-corrected chi connectivity index (χ2v) is 13.6. The summed E-state index contributed by atoms with van der Waals surface area (Å²) in [4.78, 5) is 74.2. The lowest BCUT2D eigenvalue weighted by Crippen LogP contribution is -2.43. The quantitative estimate of drug-likeness (QED) is 0.108. The number of H-pyrrole nitrogens is 2. The summed E-state index contributed by atoms with van der Waals surface area (Å²) in [6, 6.07) is 16.7. The first-order chi connectivity index (χ1) is 27.2. The monoisotopic (exact) mass is 761 g/mol. The zero-order valence-electron chi connectivity index (χ0n) is 32.1. The van der Waals surface area contributed by atoms with Gasteiger partial charge in [-0.15, -0.1) is 0 Å². The number of nitrogens with zero attached hydrogens (tertiary/aromatic N) is 5. The van der Waals surface area contributed by atoms with Crippen LogP contribution in [0, 0.1) is 0 Å². The van der Waals surface area contributed by atoms with Gasteiger partial charge >= 0.3 is 12.2 Å². The van der Waals surface area contributed by atoms with Gasteiger partial charge in [0.25, 0.3) is 0 Å². The summed E-state index contributed by atoms with van der Waals surface area (Å²) in [5, 5.41) is 5.13. The van der Waals surface area contributed by atoms with E-state index < -0.39 is 18.2 Å². The van der Waals surface area contributed by atoms with E-state index in [2.05, 4.69) is 59.6 Å². The fourth-order valence-electron chi connectivity index (χ4n) is 6.78. The van der Waals surface area contributed by atoms with Crippen molar-refractivity contribution in [2.45, 2.75) is 58.7 Å². The zero-order valence-corrected chi connectivity index (χ0v) is 32.1. The average molecular weight is 762 g/mol. The molecule has 6 rings (SSSR count). The Morgan fingerprint density at radius 2 is 1.38 bits per heavy atom. The highest BCUT2D eigenvalue weighted by Crippen LogP contribution is 2.32. The van der Waals surface area contributed by atoms with Gasteiger partial charge in [-0.25, -0.2) is 19.6 Å². The molecule has 0 aliphatic heterocycles. The predicted octanol–water partition coefficient (Wildman–Crippen LogP) is 5.29. The molecule has 5 aromatic rings. The molecule has 292 valence electrons. The lowest BCUT2D eigenvalue weighted by molar-refractivity contribution is -0.134. The van der Waals surface area contributed by atoms with Crippen LogP contribution < -0.4 is 10.6 Å². The second-order valence-electron chi connectivity index (χ2n) is 13.6. The molecule has 0 spiro atoms. The molecule has 0 saturated carbocycles. The van der Waals surface area contributed by atoms with E-state index in [-0.39, 0.29) is 31.4 Å². The molecule has 1 aliphatic rings. The van der Waals surface area contributed by atoms with Crippen molar-refractivity contribution in [3.63, 3.8) is 0 Å². The number of fused-ring (bicyclic) bond motifs is 2. The van der Waals surface area contributed by atoms with Gasteiger partial charge in [0.2, 0.25) is 11.8 Å². The molecule has 2 aromatic carbocycles. The van der Waals surface area contributed by atoms with Crippen molar-refractivity contribution < 1.29 is 28.7 Å². The van der Waals surface area contributed by atoms with Gasteiger partial charge in [0.1, 0.15) is 24.2 Å². The van der Waals surface area contributed by atoms with Crippen molar-refractivity contribution in [2.75, 3.05) is 33.9 Å². The zero-order chi connectivity index (χ0) is 39.6. The maximum atomic E-state index is 13.8. The summed E-state index contributed by atoms with van der Waals surface area (Å²) in [6.07, 6.45) is 7.04. The Morgan fingerprint density at radius 1 is 0.732 bits per heavy atom. The van der Waals surface area contributed by atoms with Crippen LogP contribution in [0.3, 0.4) is 0 Å². The standard InChI is InChI=1S/C41H47N9O6/c1-5-14-49(37(51)23-45-40(53)55-3)24-35-43-21-33(46-35)28-13-12-27-16-30-19-32(42-20-31(30)18-29(27)17-28)34-22-44-36(47-34)25-50(15-6-2)39(52)38(48-41(54)56-4)26-10-8-7-9-11-26/h7-13,17,19-22,38H,5-6,14-16,18,23-25H2,1-4H3,(H,43,46)(H,44,47)(H,45,53)(H,48,54)/t38-/m1/s1. The lowest BCUT2D eigenvalue weighted by atomic mass is 9.85. The molecule has 1 aliphatic carbocycles. The fourth-order valence-corrected chi connectivity index (χ4v) is 6.78. The number of methoxy groups -OCH3 is 2. The SMILES string of the molecule is CCCN(Cc1ncc(-c2ccc3c(c2)Cc2cnc(-c4cnc(CN(CCC)C(=O)[C@H](NC(=O)OC)c5ccccc5)[nH]4)cc2C3)[nH]1)C(=O)CNC(=O)OC. The van der Waals surface area contributed by atoms with Crippen LogP contribution in [0.5, 0.6) is 0 Å². The third kappa shape index (κ3) is 9.40. The average Bonchev–Trinajstić information content (AvgIpc) is 3.90. The van der Waals surface area contributed by atoms with Gasteiger partial charge in [0.05, 0.1) is 56.8 Å². The first kappa shape index (κ1) is 39.2. The molecule has 4 N–H and O–H groups in total. The van der Waals surface area contributed by atoms with Crippen molar-refractivity contribution in [3.05, 3.63) is 113 Å². The molecule has 56 heavy (non-hydrogen) atoms. The number of aromatic amines is 2. The summed E-state index contributed by atoms with van der Waals surface area (Å²) in [6.45, 7) is 5.34. The summed E-state index contributed by atoms with van der Waals surface area (Å²) in [5.74, 6) is 0.770. The summed E-state index contributed by atoms with van der Waals surface area (Å²) in [5.41, 5.74) is 8.75. The van der Waals surface area contributed by atoms with E-state index in [1.54, 1.807) is 34.3 Å².